The Morgan fingerprint density at radius 2 is 1.76 bits per heavy atom. The van der Waals surface area contributed by atoms with Crippen LogP contribution in [0.1, 0.15) is 58.8 Å². The first-order valence-electron chi connectivity index (χ1n) is 7.45. The van der Waals surface area contributed by atoms with Crippen LogP contribution in [0.5, 0.6) is 0 Å². The Labute approximate surface area is 106 Å². The van der Waals surface area contributed by atoms with E-state index in [1.54, 1.807) is 0 Å². The Balaban J connectivity index is 1.83. The van der Waals surface area contributed by atoms with Crippen molar-refractivity contribution in [3.05, 3.63) is 0 Å². The molecule has 0 heterocycles. The van der Waals surface area contributed by atoms with E-state index in [0.29, 0.717) is 17.6 Å². The van der Waals surface area contributed by atoms with Crippen LogP contribution < -0.4 is 5.32 Å². The van der Waals surface area contributed by atoms with E-state index in [9.17, 15) is 4.79 Å². The lowest BCUT2D eigenvalue weighted by Gasteiger charge is -2.30. The predicted molar refractivity (Wildman–Crippen MR) is 70.9 cm³/mol. The van der Waals surface area contributed by atoms with Crippen LogP contribution in [0.2, 0.25) is 0 Å². The molecule has 17 heavy (non-hydrogen) atoms. The highest BCUT2D eigenvalue weighted by Crippen LogP contribution is 2.29. The van der Waals surface area contributed by atoms with Crippen molar-refractivity contribution in [2.45, 2.75) is 64.8 Å². The summed E-state index contributed by atoms with van der Waals surface area (Å²) in [6, 6.07) is 0.110. The molecule has 0 saturated heterocycles. The standard InChI is InChI=1S/C15H27NO/c1-11(2)14(16-10-12-6-5-7-12)15(17)13-8-3-4-9-13/h11-14,16H,3-10H2,1-2H3. The number of hydrogen-bond donors (Lipinski definition) is 1. The second-order valence-electron chi connectivity index (χ2n) is 6.31. The molecule has 2 aliphatic rings. The summed E-state index contributed by atoms with van der Waals surface area (Å²) in [5.74, 6) is 2.13. The quantitative estimate of drug-likeness (QED) is 0.769. The molecule has 2 rings (SSSR count). The van der Waals surface area contributed by atoms with E-state index in [4.69, 9.17) is 0 Å². The fourth-order valence-corrected chi connectivity index (χ4v) is 3.12. The summed E-state index contributed by atoms with van der Waals surface area (Å²) in [6.07, 6.45) is 8.87. The zero-order valence-electron chi connectivity index (χ0n) is 11.4. The maximum atomic E-state index is 12.4. The fourth-order valence-electron chi connectivity index (χ4n) is 3.12. The molecule has 0 aliphatic heterocycles. The van der Waals surface area contributed by atoms with Gasteiger partial charge in [-0.05, 0) is 44.1 Å². The maximum Gasteiger partial charge on any atom is 0.153 e. The van der Waals surface area contributed by atoms with Crippen molar-refractivity contribution in [2.24, 2.45) is 17.8 Å². The molecule has 1 unspecified atom stereocenters. The molecule has 0 amide bonds. The van der Waals surface area contributed by atoms with Gasteiger partial charge in [0.15, 0.2) is 5.78 Å². The molecule has 0 aromatic rings. The third kappa shape index (κ3) is 3.31. The molecule has 1 atom stereocenters. The Hall–Kier alpha value is -0.370. The van der Waals surface area contributed by atoms with Crippen LogP contribution in [0.25, 0.3) is 0 Å². The van der Waals surface area contributed by atoms with Crippen molar-refractivity contribution < 1.29 is 4.79 Å². The molecule has 2 fully saturated rings. The Bertz CT molecular complexity index is 252. The first-order valence-corrected chi connectivity index (χ1v) is 7.45. The van der Waals surface area contributed by atoms with E-state index in [1.807, 2.05) is 0 Å². The highest BCUT2D eigenvalue weighted by Gasteiger charge is 2.31. The zero-order chi connectivity index (χ0) is 12.3. The lowest BCUT2D eigenvalue weighted by molar-refractivity contribution is -0.125. The SMILES string of the molecule is CC(C)C(NCC1CCC1)C(=O)C1CCCC1. The van der Waals surface area contributed by atoms with Crippen molar-refractivity contribution in [1.82, 2.24) is 5.32 Å². The lowest BCUT2D eigenvalue weighted by atomic mass is 9.84. The molecule has 0 bridgehead atoms. The summed E-state index contributed by atoms with van der Waals surface area (Å²) in [5.41, 5.74) is 0. The minimum Gasteiger partial charge on any atom is -0.307 e. The fraction of sp³-hybridized carbons (Fsp3) is 0.933. The van der Waals surface area contributed by atoms with Crippen LogP contribution >= 0.6 is 0 Å². The van der Waals surface area contributed by atoms with Gasteiger partial charge in [-0.25, -0.2) is 0 Å². The summed E-state index contributed by atoms with van der Waals surface area (Å²) < 4.78 is 0. The monoisotopic (exact) mass is 237 g/mol. The van der Waals surface area contributed by atoms with E-state index in [-0.39, 0.29) is 6.04 Å². The molecule has 2 aliphatic carbocycles. The number of Topliss-reactive ketones (excluding diaryl/α,β-unsaturated/α-hetero) is 1. The van der Waals surface area contributed by atoms with Crippen LogP contribution in [-0.4, -0.2) is 18.4 Å². The summed E-state index contributed by atoms with van der Waals surface area (Å²) >= 11 is 0. The molecule has 2 saturated carbocycles. The van der Waals surface area contributed by atoms with Gasteiger partial charge in [0.05, 0.1) is 6.04 Å². The van der Waals surface area contributed by atoms with E-state index in [1.165, 1.54) is 32.1 Å². The number of hydrogen-bond acceptors (Lipinski definition) is 2. The van der Waals surface area contributed by atoms with E-state index in [2.05, 4.69) is 19.2 Å². The molecule has 1 N–H and O–H groups in total. The molecule has 2 nitrogen and oxygen atoms in total. The second kappa shape index (κ2) is 5.99. The average Bonchev–Trinajstić information content (AvgIpc) is 2.73. The Kier molecular flexibility index (Phi) is 4.61. The molecule has 0 aromatic carbocycles. The molecular weight excluding hydrogens is 210 g/mol. The van der Waals surface area contributed by atoms with Gasteiger partial charge in [-0.2, -0.15) is 0 Å². The average molecular weight is 237 g/mol. The van der Waals surface area contributed by atoms with Gasteiger partial charge in [0.1, 0.15) is 0 Å². The van der Waals surface area contributed by atoms with Crippen molar-refractivity contribution in [2.75, 3.05) is 6.54 Å². The second-order valence-corrected chi connectivity index (χ2v) is 6.31. The van der Waals surface area contributed by atoms with Gasteiger partial charge in [0.25, 0.3) is 0 Å². The molecule has 0 spiro atoms. The van der Waals surface area contributed by atoms with Gasteiger partial charge >= 0.3 is 0 Å². The largest absolute Gasteiger partial charge is 0.307 e. The predicted octanol–water partition coefficient (Wildman–Crippen LogP) is 3.16. The maximum absolute atomic E-state index is 12.4. The van der Waals surface area contributed by atoms with Gasteiger partial charge in [0, 0.05) is 5.92 Å². The smallest absolute Gasteiger partial charge is 0.153 e. The molecule has 98 valence electrons. The Morgan fingerprint density at radius 3 is 2.24 bits per heavy atom. The van der Waals surface area contributed by atoms with Gasteiger partial charge in [-0.3, -0.25) is 4.79 Å². The summed E-state index contributed by atoms with van der Waals surface area (Å²) in [7, 11) is 0. The molecule has 0 aromatic heterocycles. The topological polar surface area (TPSA) is 29.1 Å². The highest BCUT2D eigenvalue weighted by molar-refractivity contribution is 5.86. The first kappa shape index (κ1) is 13.1. The van der Waals surface area contributed by atoms with Crippen molar-refractivity contribution in [3.63, 3.8) is 0 Å². The third-order valence-electron chi connectivity index (χ3n) is 4.58. The van der Waals surface area contributed by atoms with E-state index < -0.39 is 0 Å². The normalized spacial score (nSPS) is 23.9. The van der Waals surface area contributed by atoms with E-state index >= 15 is 0 Å². The Morgan fingerprint density at radius 1 is 1.12 bits per heavy atom. The van der Waals surface area contributed by atoms with Crippen LogP contribution in [-0.2, 0) is 4.79 Å². The van der Waals surface area contributed by atoms with Crippen LogP contribution in [0.3, 0.4) is 0 Å². The van der Waals surface area contributed by atoms with Gasteiger partial charge < -0.3 is 5.32 Å². The van der Waals surface area contributed by atoms with Gasteiger partial charge in [0.2, 0.25) is 0 Å². The number of rotatable bonds is 6. The van der Waals surface area contributed by atoms with Crippen LogP contribution in [0.4, 0.5) is 0 Å². The van der Waals surface area contributed by atoms with Crippen molar-refractivity contribution in [3.8, 4) is 0 Å². The number of carbonyl (C=O) groups is 1. The van der Waals surface area contributed by atoms with Gasteiger partial charge in [-0.1, -0.05) is 33.1 Å². The number of carbonyl (C=O) groups excluding carboxylic acids is 1. The van der Waals surface area contributed by atoms with E-state index in [0.717, 1.165) is 25.3 Å². The summed E-state index contributed by atoms with van der Waals surface area (Å²) in [4.78, 5) is 12.4. The zero-order valence-corrected chi connectivity index (χ0v) is 11.4. The lowest BCUT2D eigenvalue weighted by Crippen LogP contribution is -2.46. The molecule has 0 radical (unpaired) electrons. The van der Waals surface area contributed by atoms with Crippen LogP contribution in [0.15, 0.2) is 0 Å². The minimum absolute atomic E-state index is 0.110. The number of ketones is 1. The van der Waals surface area contributed by atoms with Crippen molar-refractivity contribution in [1.29, 1.82) is 0 Å². The van der Waals surface area contributed by atoms with Crippen LogP contribution in [0, 0.1) is 17.8 Å². The summed E-state index contributed by atoms with van der Waals surface area (Å²) in [5, 5.41) is 3.55. The molecular formula is C15H27NO. The highest BCUT2D eigenvalue weighted by atomic mass is 16.1. The third-order valence-corrected chi connectivity index (χ3v) is 4.58. The van der Waals surface area contributed by atoms with Gasteiger partial charge in [-0.15, -0.1) is 0 Å². The minimum atomic E-state index is 0.110. The molecule has 2 heteroatoms. The first-order chi connectivity index (χ1) is 8.18. The van der Waals surface area contributed by atoms with Crippen molar-refractivity contribution >= 4 is 5.78 Å². The number of nitrogens with one attached hydrogen (secondary N) is 1. The summed E-state index contributed by atoms with van der Waals surface area (Å²) in [6.45, 7) is 5.40.